The van der Waals surface area contributed by atoms with E-state index >= 15 is 0 Å². The van der Waals surface area contributed by atoms with E-state index in [1.807, 2.05) is 4.90 Å². The maximum Gasteiger partial charge on any atom is 0.236 e. The second kappa shape index (κ2) is 6.47. The molecule has 0 aliphatic carbocycles. The Kier molecular flexibility index (Phi) is 4.94. The molecule has 2 aliphatic heterocycles. The topological polar surface area (TPSA) is 68.0 Å². The van der Waals surface area contributed by atoms with Crippen molar-refractivity contribution in [1.82, 2.24) is 9.80 Å². The molecule has 6 nitrogen and oxygen atoms in total. The van der Waals surface area contributed by atoms with E-state index in [1.54, 1.807) is 0 Å². The van der Waals surface area contributed by atoms with Gasteiger partial charge >= 0.3 is 0 Å². The molecule has 2 fully saturated rings. The van der Waals surface area contributed by atoms with Crippen LogP contribution in [0.15, 0.2) is 0 Å². The summed E-state index contributed by atoms with van der Waals surface area (Å²) in [4.78, 5) is 16.2. The van der Waals surface area contributed by atoms with Gasteiger partial charge in [0.15, 0.2) is 0 Å². The molecule has 0 aromatic carbocycles. The zero-order valence-electron chi connectivity index (χ0n) is 11.0. The van der Waals surface area contributed by atoms with Crippen LogP contribution in [0.1, 0.15) is 6.92 Å². The Morgan fingerprint density at radius 3 is 2.78 bits per heavy atom. The highest BCUT2D eigenvalue weighted by molar-refractivity contribution is 5.78. The summed E-state index contributed by atoms with van der Waals surface area (Å²) in [5.74, 6) is 0.183. The van der Waals surface area contributed by atoms with Crippen LogP contribution >= 0.6 is 0 Å². The Morgan fingerprint density at radius 1 is 1.39 bits per heavy atom. The van der Waals surface area contributed by atoms with Crippen LogP contribution in [0.5, 0.6) is 0 Å². The Labute approximate surface area is 108 Å². The highest BCUT2D eigenvalue weighted by atomic mass is 16.5. The second-order valence-corrected chi connectivity index (χ2v) is 4.96. The summed E-state index contributed by atoms with van der Waals surface area (Å²) in [5.41, 5.74) is 5.62. The molecule has 104 valence electrons. The van der Waals surface area contributed by atoms with Gasteiger partial charge in [-0.15, -0.1) is 0 Å². The fourth-order valence-electron chi connectivity index (χ4n) is 2.32. The van der Waals surface area contributed by atoms with Crippen molar-refractivity contribution in [2.45, 2.75) is 19.1 Å². The lowest BCUT2D eigenvalue weighted by Gasteiger charge is -2.38. The molecule has 0 spiro atoms. The first-order valence-electron chi connectivity index (χ1n) is 6.62. The molecule has 2 heterocycles. The first-order chi connectivity index (χ1) is 8.70. The first kappa shape index (κ1) is 13.7. The third-order valence-electron chi connectivity index (χ3n) is 3.60. The van der Waals surface area contributed by atoms with Crippen molar-refractivity contribution in [3.8, 4) is 0 Å². The summed E-state index contributed by atoms with van der Waals surface area (Å²) in [6.45, 7) is 7.16. The molecule has 2 rings (SSSR count). The van der Waals surface area contributed by atoms with Crippen LogP contribution in [0.4, 0.5) is 0 Å². The number of amides is 1. The van der Waals surface area contributed by atoms with Gasteiger partial charge in [0.25, 0.3) is 0 Å². The van der Waals surface area contributed by atoms with Gasteiger partial charge in [0.2, 0.25) is 5.91 Å². The first-order valence-corrected chi connectivity index (χ1v) is 6.62. The van der Waals surface area contributed by atoms with E-state index in [-0.39, 0.29) is 18.1 Å². The minimum Gasteiger partial charge on any atom is -0.378 e. The predicted octanol–water partition coefficient (Wildman–Crippen LogP) is -1.11. The number of hydrogen-bond acceptors (Lipinski definition) is 5. The van der Waals surface area contributed by atoms with E-state index in [2.05, 4.69) is 11.8 Å². The Hall–Kier alpha value is -0.690. The van der Waals surface area contributed by atoms with Crippen LogP contribution in [-0.4, -0.2) is 80.4 Å². The lowest BCUT2D eigenvalue weighted by molar-refractivity contribution is -0.140. The number of morpholine rings is 2. The van der Waals surface area contributed by atoms with Gasteiger partial charge in [0.1, 0.15) is 0 Å². The number of nitrogens with two attached hydrogens (primary N) is 1. The molecule has 2 atom stereocenters. The fourth-order valence-corrected chi connectivity index (χ4v) is 2.32. The molecule has 2 aliphatic rings. The van der Waals surface area contributed by atoms with E-state index in [4.69, 9.17) is 15.2 Å². The molecule has 0 saturated carbocycles. The number of ether oxygens (including phenoxy) is 2. The van der Waals surface area contributed by atoms with E-state index in [0.29, 0.717) is 46.0 Å². The van der Waals surface area contributed by atoms with E-state index in [1.165, 1.54) is 0 Å². The van der Waals surface area contributed by atoms with Crippen LogP contribution in [-0.2, 0) is 14.3 Å². The second-order valence-electron chi connectivity index (χ2n) is 4.96. The summed E-state index contributed by atoms with van der Waals surface area (Å²) in [6, 6.07) is 0.276. The SMILES string of the molecule is CC1COC(CN)CN1CC(=O)N1CCOCC1. The monoisotopic (exact) mass is 257 g/mol. The lowest BCUT2D eigenvalue weighted by Crippen LogP contribution is -2.54. The normalized spacial score (nSPS) is 30.4. The average Bonchev–Trinajstić information content (AvgIpc) is 2.42. The van der Waals surface area contributed by atoms with Gasteiger partial charge in [-0.25, -0.2) is 0 Å². The number of rotatable bonds is 3. The molecule has 2 unspecified atom stereocenters. The third-order valence-corrected chi connectivity index (χ3v) is 3.60. The molecule has 18 heavy (non-hydrogen) atoms. The van der Waals surface area contributed by atoms with Crippen molar-refractivity contribution < 1.29 is 14.3 Å². The summed E-state index contributed by atoms with van der Waals surface area (Å²) >= 11 is 0. The van der Waals surface area contributed by atoms with Crippen molar-refractivity contribution in [3.05, 3.63) is 0 Å². The molecular formula is C12H23N3O3. The molecule has 0 aromatic heterocycles. The average molecular weight is 257 g/mol. The minimum atomic E-state index is 0.0543. The molecule has 0 aromatic rings. The third kappa shape index (κ3) is 3.41. The predicted molar refractivity (Wildman–Crippen MR) is 67.2 cm³/mol. The van der Waals surface area contributed by atoms with Gasteiger partial charge < -0.3 is 20.1 Å². The standard InChI is InChI=1S/C12H23N3O3/c1-10-9-18-11(6-13)7-15(10)8-12(16)14-2-4-17-5-3-14/h10-11H,2-9,13H2,1H3. The Balaban J connectivity index is 1.84. The molecule has 6 heteroatoms. The number of carbonyl (C=O) groups is 1. The van der Waals surface area contributed by atoms with Crippen molar-refractivity contribution in [1.29, 1.82) is 0 Å². The van der Waals surface area contributed by atoms with Crippen molar-refractivity contribution in [2.24, 2.45) is 5.73 Å². The van der Waals surface area contributed by atoms with Gasteiger partial charge in [-0.2, -0.15) is 0 Å². The van der Waals surface area contributed by atoms with Gasteiger partial charge in [-0.05, 0) is 6.92 Å². The smallest absolute Gasteiger partial charge is 0.236 e. The highest BCUT2D eigenvalue weighted by Crippen LogP contribution is 2.11. The Bertz CT molecular complexity index is 282. The maximum atomic E-state index is 12.2. The van der Waals surface area contributed by atoms with E-state index < -0.39 is 0 Å². The summed E-state index contributed by atoms with van der Waals surface area (Å²) < 4.78 is 10.8. The lowest BCUT2D eigenvalue weighted by atomic mass is 10.2. The molecule has 2 saturated heterocycles. The quantitative estimate of drug-likeness (QED) is 0.694. The van der Waals surface area contributed by atoms with Gasteiger partial charge in [0, 0.05) is 32.2 Å². The molecule has 0 bridgehead atoms. The minimum absolute atomic E-state index is 0.0543. The van der Waals surface area contributed by atoms with Crippen LogP contribution in [0.2, 0.25) is 0 Å². The van der Waals surface area contributed by atoms with Crippen LogP contribution < -0.4 is 5.73 Å². The van der Waals surface area contributed by atoms with Crippen LogP contribution in [0, 0.1) is 0 Å². The number of nitrogens with zero attached hydrogens (tertiary/aromatic N) is 2. The van der Waals surface area contributed by atoms with Gasteiger partial charge in [0.05, 0.1) is 32.5 Å². The highest BCUT2D eigenvalue weighted by Gasteiger charge is 2.28. The molecular weight excluding hydrogens is 234 g/mol. The fraction of sp³-hybridized carbons (Fsp3) is 0.917. The number of hydrogen-bond donors (Lipinski definition) is 1. The van der Waals surface area contributed by atoms with Crippen molar-refractivity contribution in [2.75, 3.05) is 52.5 Å². The largest absolute Gasteiger partial charge is 0.378 e. The van der Waals surface area contributed by atoms with E-state index in [9.17, 15) is 4.79 Å². The Morgan fingerprint density at radius 2 is 2.11 bits per heavy atom. The summed E-state index contributed by atoms with van der Waals surface area (Å²) in [7, 11) is 0. The summed E-state index contributed by atoms with van der Waals surface area (Å²) in [6.07, 6.45) is 0.0543. The summed E-state index contributed by atoms with van der Waals surface area (Å²) in [5, 5.41) is 0. The molecule has 0 radical (unpaired) electrons. The van der Waals surface area contributed by atoms with Crippen molar-refractivity contribution in [3.63, 3.8) is 0 Å². The molecule has 2 N–H and O–H groups in total. The molecule has 1 amide bonds. The van der Waals surface area contributed by atoms with Gasteiger partial charge in [-0.1, -0.05) is 0 Å². The van der Waals surface area contributed by atoms with Crippen molar-refractivity contribution >= 4 is 5.91 Å². The number of carbonyl (C=O) groups excluding carboxylic acids is 1. The van der Waals surface area contributed by atoms with Crippen LogP contribution in [0.3, 0.4) is 0 Å². The van der Waals surface area contributed by atoms with Crippen LogP contribution in [0.25, 0.3) is 0 Å². The zero-order valence-corrected chi connectivity index (χ0v) is 11.0. The maximum absolute atomic E-state index is 12.2. The van der Waals surface area contributed by atoms with E-state index in [0.717, 1.165) is 6.54 Å². The van der Waals surface area contributed by atoms with Gasteiger partial charge in [-0.3, -0.25) is 9.69 Å². The zero-order chi connectivity index (χ0) is 13.0.